The highest BCUT2D eigenvalue weighted by Crippen LogP contribution is 2.35. The molecule has 0 aliphatic carbocycles. The van der Waals surface area contributed by atoms with Gasteiger partial charge in [0.05, 0.1) is 12.1 Å². The molecule has 29 heavy (non-hydrogen) atoms. The molecule has 2 amide bonds. The minimum absolute atomic E-state index is 0.0820. The number of nitrogens with one attached hydrogen (secondary N) is 1. The number of thiazole rings is 1. The van der Waals surface area contributed by atoms with Crippen molar-refractivity contribution in [2.75, 3.05) is 6.54 Å². The molecule has 1 aromatic carbocycles. The summed E-state index contributed by atoms with van der Waals surface area (Å²) in [5.74, 6) is 0.746. The molecule has 4 rings (SSSR count). The summed E-state index contributed by atoms with van der Waals surface area (Å²) in [5.41, 5.74) is 1.34. The molecule has 0 bridgehead atoms. The van der Waals surface area contributed by atoms with E-state index >= 15 is 0 Å². The molecule has 2 atom stereocenters. The predicted molar refractivity (Wildman–Crippen MR) is 114 cm³/mol. The Morgan fingerprint density at radius 2 is 2.07 bits per heavy atom. The Bertz CT molecular complexity index is 1090. The van der Waals surface area contributed by atoms with E-state index in [0.29, 0.717) is 23.3 Å². The Morgan fingerprint density at radius 1 is 1.31 bits per heavy atom. The van der Waals surface area contributed by atoms with Crippen LogP contribution in [-0.4, -0.2) is 32.0 Å². The average Bonchev–Trinajstić information content (AvgIpc) is 3.38. The second-order valence-electron chi connectivity index (χ2n) is 7.38. The number of aryl methyl sites for hydroxylation is 1. The zero-order chi connectivity index (χ0) is 20.5. The number of aromatic nitrogens is 3. The zero-order valence-corrected chi connectivity index (χ0v) is 17.7. The lowest BCUT2D eigenvalue weighted by Crippen LogP contribution is -2.40. The molecular formula is C21H25N5O2S. The maximum Gasteiger partial charge on any atom is 0.318 e. The van der Waals surface area contributed by atoms with E-state index in [9.17, 15) is 9.59 Å². The van der Waals surface area contributed by atoms with Gasteiger partial charge in [-0.25, -0.2) is 14.8 Å². The molecular weight excluding hydrogens is 386 g/mol. The lowest BCUT2D eigenvalue weighted by Gasteiger charge is -2.25. The molecule has 1 unspecified atom stereocenters. The highest BCUT2D eigenvalue weighted by Gasteiger charge is 2.33. The van der Waals surface area contributed by atoms with Crippen molar-refractivity contribution in [2.24, 2.45) is 7.05 Å². The average molecular weight is 412 g/mol. The number of amides is 2. The second-order valence-corrected chi connectivity index (χ2v) is 8.39. The topological polar surface area (TPSA) is 80.1 Å². The van der Waals surface area contributed by atoms with Crippen LogP contribution in [0.25, 0.3) is 10.3 Å². The van der Waals surface area contributed by atoms with Crippen molar-refractivity contribution in [3.63, 3.8) is 0 Å². The summed E-state index contributed by atoms with van der Waals surface area (Å²) in [4.78, 5) is 37.3. The van der Waals surface area contributed by atoms with E-state index in [2.05, 4.69) is 15.3 Å². The smallest absolute Gasteiger partial charge is 0.318 e. The van der Waals surface area contributed by atoms with E-state index in [1.165, 1.54) is 11.3 Å². The van der Waals surface area contributed by atoms with Crippen molar-refractivity contribution < 1.29 is 4.79 Å². The third-order valence-electron chi connectivity index (χ3n) is 5.51. The van der Waals surface area contributed by atoms with E-state index in [1.807, 2.05) is 49.1 Å². The molecule has 1 saturated heterocycles. The maximum atomic E-state index is 13.0. The summed E-state index contributed by atoms with van der Waals surface area (Å²) < 4.78 is 1.56. The minimum Gasteiger partial charge on any atom is -0.331 e. The van der Waals surface area contributed by atoms with Gasteiger partial charge in [0.25, 0.3) is 5.56 Å². The molecule has 1 N–H and O–H groups in total. The first-order valence-corrected chi connectivity index (χ1v) is 10.8. The van der Waals surface area contributed by atoms with Crippen molar-refractivity contribution in [1.82, 2.24) is 24.8 Å². The van der Waals surface area contributed by atoms with E-state index in [-0.39, 0.29) is 23.7 Å². The summed E-state index contributed by atoms with van der Waals surface area (Å²) >= 11 is 1.43. The first-order valence-electron chi connectivity index (χ1n) is 9.98. The number of hydrogen-bond donors (Lipinski definition) is 1. The monoisotopic (exact) mass is 411 g/mol. The number of hydrogen-bond acceptors (Lipinski definition) is 5. The molecule has 1 fully saturated rings. The van der Waals surface area contributed by atoms with Gasteiger partial charge in [0.15, 0.2) is 10.3 Å². The van der Waals surface area contributed by atoms with Gasteiger partial charge >= 0.3 is 6.03 Å². The van der Waals surface area contributed by atoms with Crippen molar-refractivity contribution in [3.05, 3.63) is 57.1 Å². The number of urea groups is 1. The number of likely N-dealkylation sites (tertiary alicyclic amines) is 1. The highest BCUT2D eigenvalue weighted by molar-refractivity contribution is 7.18. The van der Waals surface area contributed by atoms with Crippen LogP contribution in [0.15, 0.2) is 35.1 Å². The van der Waals surface area contributed by atoms with Gasteiger partial charge < -0.3 is 10.2 Å². The van der Waals surface area contributed by atoms with Crippen LogP contribution in [0, 0.1) is 0 Å². The van der Waals surface area contributed by atoms with Crippen LogP contribution in [0.3, 0.4) is 0 Å². The van der Waals surface area contributed by atoms with Crippen LogP contribution in [0.1, 0.15) is 55.2 Å². The molecule has 2 aromatic heterocycles. The third-order valence-corrected chi connectivity index (χ3v) is 6.56. The predicted octanol–water partition coefficient (Wildman–Crippen LogP) is 3.56. The lowest BCUT2D eigenvalue weighted by molar-refractivity contribution is 0.189. The largest absolute Gasteiger partial charge is 0.331 e. The SMILES string of the molecule is CCc1nc2sc(C3CCCN3C(=O)N[C@H](C)c3ccccc3)nc2c(=O)n1C. The first kappa shape index (κ1) is 19.6. The summed E-state index contributed by atoms with van der Waals surface area (Å²) in [7, 11) is 1.73. The molecule has 3 aromatic rings. The van der Waals surface area contributed by atoms with E-state index in [1.54, 1.807) is 11.6 Å². The van der Waals surface area contributed by atoms with E-state index in [4.69, 9.17) is 0 Å². The number of fused-ring (bicyclic) bond motifs is 1. The normalized spacial score (nSPS) is 17.6. The van der Waals surface area contributed by atoms with E-state index in [0.717, 1.165) is 29.2 Å². The van der Waals surface area contributed by atoms with Gasteiger partial charge in [0.1, 0.15) is 10.8 Å². The zero-order valence-electron chi connectivity index (χ0n) is 16.9. The molecule has 0 spiro atoms. The Labute approximate surface area is 173 Å². The van der Waals surface area contributed by atoms with Crippen LogP contribution in [-0.2, 0) is 13.5 Å². The third kappa shape index (κ3) is 3.64. The van der Waals surface area contributed by atoms with Crippen LogP contribution < -0.4 is 10.9 Å². The van der Waals surface area contributed by atoms with Gasteiger partial charge in [-0.15, -0.1) is 0 Å². The number of nitrogens with zero attached hydrogens (tertiary/aromatic N) is 4. The van der Waals surface area contributed by atoms with Crippen LogP contribution in [0.4, 0.5) is 4.79 Å². The van der Waals surface area contributed by atoms with Crippen molar-refractivity contribution in [1.29, 1.82) is 0 Å². The Morgan fingerprint density at radius 3 is 2.79 bits per heavy atom. The first-order chi connectivity index (χ1) is 14.0. The van der Waals surface area contributed by atoms with E-state index < -0.39 is 0 Å². The fourth-order valence-corrected chi connectivity index (χ4v) is 4.93. The second kappa shape index (κ2) is 7.94. The van der Waals surface area contributed by atoms with Gasteiger partial charge in [-0.1, -0.05) is 48.6 Å². The van der Waals surface area contributed by atoms with Crippen LogP contribution in [0.2, 0.25) is 0 Å². The number of benzene rings is 1. The minimum atomic E-state index is -0.124. The van der Waals surface area contributed by atoms with Gasteiger partial charge in [-0.05, 0) is 25.3 Å². The standard InChI is InChI=1S/C21H25N5O2S/c1-4-16-23-19-17(20(27)25(16)3)24-18(29-19)15-11-8-12-26(15)21(28)22-13(2)14-9-6-5-7-10-14/h5-7,9-10,13,15H,4,8,11-12H2,1-3H3,(H,22,28)/t13-,15?/m1/s1. The van der Waals surface area contributed by atoms with Crippen molar-refractivity contribution in [3.8, 4) is 0 Å². The molecule has 1 aliphatic heterocycles. The fourth-order valence-electron chi connectivity index (χ4n) is 3.83. The fraction of sp³-hybridized carbons (Fsp3) is 0.429. The van der Waals surface area contributed by atoms with Crippen molar-refractivity contribution >= 4 is 27.7 Å². The molecule has 7 nitrogen and oxygen atoms in total. The molecule has 8 heteroatoms. The molecule has 0 saturated carbocycles. The van der Waals surface area contributed by atoms with Crippen LogP contribution >= 0.6 is 11.3 Å². The Balaban J connectivity index is 1.59. The number of carbonyl (C=O) groups is 1. The quantitative estimate of drug-likeness (QED) is 0.712. The maximum absolute atomic E-state index is 13.0. The molecule has 1 aliphatic rings. The van der Waals surface area contributed by atoms with Crippen molar-refractivity contribution in [2.45, 2.75) is 45.2 Å². The van der Waals surface area contributed by atoms with Gasteiger partial charge in [-0.2, -0.15) is 0 Å². The highest BCUT2D eigenvalue weighted by atomic mass is 32.1. The van der Waals surface area contributed by atoms with Gasteiger partial charge in [0, 0.05) is 20.0 Å². The van der Waals surface area contributed by atoms with Gasteiger partial charge in [0.2, 0.25) is 0 Å². The Kier molecular flexibility index (Phi) is 5.36. The summed E-state index contributed by atoms with van der Waals surface area (Å²) in [5, 5.41) is 3.88. The number of rotatable bonds is 4. The molecule has 3 heterocycles. The molecule has 152 valence electrons. The van der Waals surface area contributed by atoms with Crippen LogP contribution in [0.5, 0.6) is 0 Å². The molecule has 0 radical (unpaired) electrons. The number of carbonyl (C=O) groups excluding carboxylic acids is 1. The van der Waals surface area contributed by atoms with Gasteiger partial charge in [-0.3, -0.25) is 9.36 Å². The lowest BCUT2D eigenvalue weighted by atomic mass is 10.1. The Hall–Kier alpha value is -2.74. The summed E-state index contributed by atoms with van der Waals surface area (Å²) in [6.07, 6.45) is 2.44. The summed E-state index contributed by atoms with van der Waals surface area (Å²) in [6.45, 7) is 4.64. The summed E-state index contributed by atoms with van der Waals surface area (Å²) in [6, 6.07) is 9.61.